The van der Waals surface area contributed by atoms with Gasteiger partial charge in [0.1, 0.15) is 5.82 Å². The van der Waals surface area contributed by atoms with Crippen molar-refractivity contribution in [1.82, 2.24) is 20.1 Å². The van der Waals surface area contributed by atoms with E-state index in [0.29, 0.717) is 19.0 Å². The molecule has 2 aromatic rings. The van der Waals surface area contributed by atoms with E-state index in [0.717, 1.165) is 50.4 Å². The summed E-state index contributed by atoms with van der Waals surface area (Å²) in [4.78, 5) is 14.7. The average Bonchev–Trinajstić information content (AvgIpc) is 3.23. The van der Waals surface area contributed by atoms with Crippen LogP contribution in [0.1, 0.15) is 43.4 Å². The van der Waals surface area contributed by atoms with Crippen molar-refractivity contribution in [3.8, 4) is 0 Å². The molecule has 2 aliphatic rings. The number of carbonyl (C=O) groups is 1. The third kappa shape index (κ3) is 3.25. The summed E-state index contributed by atoms with van der Waals surface area (Å²) in [5, 5.41) is 11.4. The van der Waals surface area contributed by atoms with E-state index in [9.17, 15) is 4.79 Å². The first-order valence-electron chi connectivity index (χ1n) is 9.24. The van der Waals surface area contributed by atoms with Crippen molar-refractivity contribution in [2.75, 3.05) is 11.4 Å². The molecule has 1 amide bonds. The minimum Gasteiger partial charge on any atom is -0.368 e. The maximum atomic E-state index is 12.3. The Morgan fingerprint density at radius 1 is 1.28 bits per heavy atom. The van der Waals surface area contributed by atoms with Gasteiger partial charge in [-0.15, -0.1) is 10.2 Å². The van der Waals surface area contributed by atoms with E-state index in [1.807, 2.05) is 0 Å². The van der Waals surface area contributed by atoms with Crippen LogP contribution in [0.15, 0.2) is 24.3 Å². The van der Waals surface area contributed by atoms with Crippen molar-refractivity contribution in [2.45, 2.75) is 58.2 Å². The number of nitrogens with zero attached hydrogens (tertiary/aromatic N) is 4. The van der Waals surface area contributed by atoms with Crippen molar-refractivity contribution < 1.29 is 4.79 Å². The van der Waals surface area contributed by atoms with Gasteiger partial charge < -0.3 is 14.8 Å². The molecule has 1 aromatic heterocycles. The van der Waals surface area contributed by atoms with Gasteiger partial charge in [-0.05, 0) is 37.8 Å². The van der Waals surface area contributed by atoms with Gasteiger partial charge in [0.25, 0.3) is 0 Å². The van der Waals surface area contributed by atoms with E-state index in [4.69, 9.17) is 0 Å². The molecule has 3 heterocycles. The van der Waals surface area contributed by atoms with Crippen LogP contribution >= 0.6 is 0 Å². The molecule has 0 bridgehead atoms. The Hall–Kier alpha value is -2.37. The normalized spacial score (nSPS) is 18.8. The molecule has 4 rings (SSSR count). The van der Waals surface area contributed by atoms with E-state index < -0.39 is 0 Å². The lowest BCUT2D eigenvalue weighted by atomic mass is 9.96. The van der Waals surface area contributed by atoms with E-state index in [2.05, 4.69) is 56.2 Å². The fraction of sp³-hybridized carbons (Fsp3) is 0.526. The average molecular weight is 339 g/mol. The number of hydrogen-bond acceptors (Lipinski definition) is 4. The molecule has 1 atom stereocenters. The van der Waals surface area contributed by atoms with Gasteiger partial charge in [-0.3, -0.25) is 4.79 Å². The Morgan fingerprint density at radius 2 is 2.16 bits per heavy atom. The van der Waals surface area contributed by atoms with Crippen LogP contribution in [0.3, 0.4) is 0 Å². The van der Waals surface area contributed by atoms with E-state index in [1.54, 1.807) is 0 Å². The molecule has 0 spiro atoms. The third-order valence-corrected chi connectivity index (χ3v) is 5.37. The molecule has 1 N–H and O–H groups in total. The van der Waals surface area contributed by atoms with Gasteiger partial charge in [-0.2, -0.15) is 0 Å². The third-order valence-electron chi connectivity index (χ3n) is 5.37. The molecule has 0 radical (unpaired) electrons. The molecule has 1 aromatic carbocycles. The standard InChI is InChI=1S/C19H25N5O/c1-14-8-9-15-5-2-3-6-16(15)23(14)12-10-19(25)20-13-18-22-21-17-7-4-11-24(17)18/h2-3,5-6,14H,4,7-13H2,1H3,(H,20,25)/t14-/m1/s1. The second kappa shape index (κ2) is 6.86. The molecule has 0 saturated heterocycles. The fourth-order valence-electron chi connectivity index (χ4n) is 3.93. The summed E-state index contributed by atoms with van der Waals surface area (Å²) in [6.07, 6.45) is 4.88. The SMILES string of the molecule is C[C@@H]1CCc2ccccc2N1CCC(=O)NCc1nnc2n1CCC2. The highest BCUT2D eigenvalue weighted by atomic mass is 16.1. The molecule has 0 fully saturated rings. The van der Waals surface area contributed by atoms with Crippen LogP contribution in [-0.4, -0.2) is 33.3 Å². The summed E-state index contributed by atoms with van der Waals surface area (Å²) in [6.45, 7) is 4.43. The summed E-state index contributed by atoms with van der Waals surface area (Å²) < 4.78 is 2.13. The zero-order chi connectivity index (χ0) is 17.2. The Morgan fingerprint density at radius 3 is 3.08 bits per heavy atom. The van der Waals surface area contributed by atoms with Gasteiger partial charge >= 0.3 is 0 Å². The Bertz CT molecular complexity index is 769. The van der Waals surface area contributed by atoms with Gasteiger partial charge in [-0.1, -0.05) is 18.2 Å². The molecule has 2 aliphatic heterocycles. The number of aromatic nitrogens is 3. The zero-order valence-corrected chi connectivity index (χ0v) is 14.7. The number of hydrogen-bond donors (Lipinski definition) is 1. The lowest BCUT2D eigenvalue weighted by Crippen LogP contribution is -2.40. The van der Waals surface area contributed by atoms with E-state index in [-0.39, 0.29) is 5.91 Å². The Kier molecular flexibility index (Phi) is 4.42. The molecule has 0 saturated carbocycles. The highest BCUT2D eigenvalue weighted by molar-refractivity contribution is 5.76. The lowest BCUT2D eigenvalue weighted by Gasteiger charge is -2.37. The summed E-state index contributed by atoms with van der Waals surface area (Å²) in [7, 11) is 0. The summed E-state index contributed by atoms with van der Waals surface area (Å²) in [5.74, 6) is 1.99. The fourth-order valence-corrected chi connectivity index (χ4v) is 3.93. The highest BCUT2D eigenvalue weighted by Crippen LogP contribution is 2.30. The van der Waals surface area contributed by atoms with Crippen molar-refractivity contribution in [3.05, 3.63) is 41.5 Å². The first-order chi connectivity index (χ1) is 12.2. The predicted molar refractivity (Wildman–Crippen MR) is 96.4 cm³/mol. The largest absolute Gasteiger partial charge is 0.368 e. The minimum atomic E-state index is 0.0746. The number of benzene rings is 1. The quantitative estimate of drug-likeness (QED) is 0.906. The number of anilines is 1. The van der Waals surface area contributed by atoms with E-state index >= 15 is 0 Å². The van der Waals surface area contributed by atoms with Crippen molar-refractivity contribution >= 4 is 11.6 Å². The smallest absolute Gasteiger partial charge is 0.222 e. The minimum absolute atomic E-state index is 0.0746. The Labute approximate surface area is 148 Å². The van der Waals surface area contributed by atoms with Crippen LogP contribution in [-0.2, 0) is 30.7 Å². The van der Waals surface area contributed by atoms with Crippen LogP contribution < -0.4 is 10.2 Å². The van der Waals surface area contributed by atoms with Crippen molar-refractivity contribution in [1.29, 1.82) is 0 Å². The second-order valence-corrected chi connectivity index (χ2v) is 7.02. The number of aryl methyl sites for hydroxylation is 2. The Balaban J connectivity index is 1.33. The highest BCUT2D eigenvalue weighted by Gasteiger charge is 2.23. The summed E-state index contributed by atoms with van der Waals surface area (Å²) in [5.41, 5.74) is 2.67. The van der Waals surface area contributed by atoms with Crippen molar-refractivity contribution in [2.24, 2.45) is 0 Å². The molecule has 0 aliphatic carbocycles. The molecule has 0 unspecified atom stereocenters. The molecular weight excluding hydrogens is 314 g/mol. The number of para-hydroxylation sites is 1. The molecular formula is C19H25N5O. The predicted octanol–water partition coefficient (Wildman–Crippen LogP) is 2.07. The van der Waals surface area contributed by atoms with Crippen LogP contribution in [0.25, 0.3) is 0 Å². The van der Waals surface area contributed by atoms with Crippen LogP contribution in [0, 0.1) is 0 Å². The van der Waals surface area contributed by atoms with Crippen LogP contribution in [0.2, 0.25) is 0 Å². The first-order valence-corrected chi connectivity index (χ1v) is 9.24. The second-order valence-electron chi connectivity index (χ2n) is 7.02. The van der Waals surface area contributed by atoms with Gasteiger partial charge in [0, 0.05) is 37.7 Å². The summed E-state index contributed by atoms with van der Waals surface area (Å²) in [6, 6.07) is 9.01. The van der Waals surface area contributed by atoms with Gasteiger partial charge in [-0.25, -0.2) is 0 Å². The lowest BCUT2D eigenvalue weighted by molar-refractivity contribution is -0.121. The number of amides is 1. The topological polar surface area (TPSA) is 63.1 Å². The maximum absolute atomic E-state index is 12.3. The number of fused-ring (bicyclic) bond motifs is 2. The van der Waals surface area contributed by atoms with Crippen molar-refractivity contribution in [3.63, 3.8) is 0 Å². The molecule has 6 heteroatoms. The number of nitrogens with one attached hydrogen (secondary N) is 1. The number of rotatable bonds is 5. The van der Waals surface area contributed by atoms with Crippen LogP contribution in [0.4, 0.5) is 5.69 Å². The monoisotopic (exact) mass is 339 g/mol. The molecule has 6 nitrogen and oxygen atoms in total. The van der Waals surface area contributed by atoms with E-state index in [1.165, 1.54) is 11.3 Å². The zero-order valence-electron chi connectivity index (χ0n) is 14.7. The summed E-state index contributed by atoms with van der Waals surface area (Å²) >= 11 is 0. The molecule has 132 valence electrons. The number of carbonyl (C=O) groups excluding carboxylic acids is 1. The molecule has 25 heavy (non-hydrogen) atoms. The van der Waals surface area contributed by atoms with Gasteiger partial charge in [0.15, 0.2) is 5.82 Å². The first kappa shape index (κ1) is 16.1. The maximum Gasteiger partial charge on any atom is 0.222 e. The van der Waals surface area contributed by atoms with Gasteiger partial charge in [0.2, 0.25) is 5.91 Å². The van der Waals surface area contributed by atoms with Crippen LogP contribution in [0.5, 0.6) is 0 Å². The van der Waals surface area contributed by atoms with Gasteiger partial charge in [0.05, 0.1) is 6.54 Å².